The fourth-order valence-corrected chi connectivity index (χ4v) is 5.78. The molecular weight excluding hydrogens is 576 g/mol. The lowest BCUT2D eigenvalue weighted by atomic mass is 9.96. The van der Waals surface area contributed by atoms with Crippen LogP contribution in [-0.4, -0.2) is 17.1 Å². The minimum atomic E-state index is -0.660. The summed E-state index contributed by atoms with van der Waals surface area (Å²) in [5.74, 6) is 0.701. The van der Waals surface area contributed by atoms with Gasteiger partial charge in [-0.2, -0.15) is 0 Å². The number of ether oxygens (including phenoxy) is 1. The highest BCUT2D eigenvalue weighted by Crippen LogP contribution is 2.32. The lowest BCUT2D eigenvalue weighted by Crippen LogP contribution is -2.39. The number of benzene rings is 2. The number of hydrogen-bond acceptors (Lipinski definition) is 6. The summed E-state index contributed by atoms with van der Waals surface area (Å²) in [6.45, 7) is 5.72. The molecular formula is C28H22BrClN2O4S. The van der Waals surface area contributed by atoms with E-state index in [1.54, 1.807) is 24.5 Å². The van der Waals surface area contributed by atoms with E-state index < -0.39 is 12.0 Å². The van der Waals surface area contributed by atoms with Gasteiger partial charge in [-0.15, -0.1) is 0 Å². The average Bonchev–Trinajstić information content (AvgIpc) is 3.45. The average molecular weight is 598 g/mol. The number of carbonyl (C=O) groups excluding carboxylic acids is 1. The van der Waals surface area contributed by atoms with E-state index in [-0.39, 0.29) is 12.2 Å². The Labute approximate surface area is 230 Å². The number of esters is 1. The van der Waals surface area contributed by atoms with Crippen molar-refractivity contribution in [3.8, 4) is 11.3 Å². The highest BCUT2D eigenvalue weighted by Gasteiger charge is 2.33. The number of halogens is 2. The third-order valence-electron chi connectivity index (χ3n) is 6.07. The number of allylic oxidation sites excluding steroid dienone is 1. The Hall–Kier alpha value is -3.20. The summed E-state index contributed by atoms with van der Waals surface area (Å²) in [4.78, 5) is 31.8. The normalized spacial score (nSPS) is 15.5. The molecule has 0 bridgehead atoms. The number of carbonyl (C=O) groups is 1. The zero-order chi connectivity index (χ0) is 26.3. The van der Waals surface area contributed by atoms with Gasteiger partial charge in [-0.25, -0.2) is 9.79 Å². The van der Waals surface area contributed by atoms with Gasteiger partial charge < -0.3 is 9.15 Å². The largest absolute Gasteiger partial charge is 0.463 e. The van der Waals surface area contributed by atoms with Gasteiger partial charge in [0, 0.05) is 21.1 Å². The van der Waals surface area contributed by atoms with Crippen molar-refractivity contribution in [1.82, 2.24) is 4.57 Å². The summed E-state index contributed by atoms with van der Waals surface area (Å²) in [6, 6.07) is 16.2. The van der Waals surface area contributed by atoms with Crippen LogP contribution in [0.2, 0.25) is 5.02 Å². The number of aryl methyl sites for hydroxylation is 1. The predicted octanol–water partition coefficient (Wildman–Crippen LogP) is 5.78. The summed E-state index contributed by atoms with van der Waals surface area (Å²) in [5, 5.41) is 0.618. The maximum absolute atomic E-state index is 13.7. The molecule has 6 nitrogen and oxygen atoms in total. The molecule has 188 valence electrons. The molecule has 9 heteroatoms. The van der Waals surface area contributed by atoms with Gasteiger partial charge in [0.25, 0.3) is 5.56 Å². The second-order valence-electron chi connectivity index (χ2n) is 8.52. The van der Waals surface area contributed by atoms with Crippen LogP contribution in [0.15, 0.2) is 84.5 Å². The molecule has 0 N–H and O–H groups in total. The molecule has 1 atom stereocenters. The molecule has 1 aliphatic rings. The maximum Gasteiger partial charge on any atom is 0.338 e. The molecule has 2 aromatic carbocycles. The minimum absolute atomic E-state index is 0.222. The van der Waals surface area contributed by atoms with Crippen LogP contribution in [-0.2, 0) is 9.53 Å². The summed E-state index contributed by atoms with van der Waals surface area (Å²) < 4.78 is 14.3. The van der Waals surface area contributed by atoms with E-state index in [1.165, 1.54) is 11.3 Å². The molecule has 3 heterocycles. The van der Waals surface area contributed by atoms with Crippen molar-refractivity contribution in [3.63, 3.8) is 0 Å². The van der Waals surface area contributed by atoms with Crippen molar-refractivity contribution < 1.29 is 13.9 Å². The number of aromatic nitrogens is 1. The van der Waals surface area contributed by atoms with Gasteiger partial charge >= 0.3 is 5.97 Å². The van der Waals surface area contributed by atoms with Crippen molar-refractivity contribution >= 4 is 50.9 Å². The van der Waals surface area contributed by atoms with Gasteiger partial charge in [0.2, 0.25) is 0 Å². The Balaban J connectivity index is 1.64. The van der Waals surface area contributed by atoms with Gasteiger partial charge in [0.05, 0.1) is 28.5 Å². The van der Waals surface area contributed by atoms with Crippen LogP contribution in [0.1, 0.15) is 36.8 Å². The molecule has 1 aliphatic heterocycles. The molecule has 0 amide bonds. The van der Waals surface area contributed by atoms with Crippen molar-refractivity contribution in [2.75, 3.05) is 6.61 Å². The van der Waals surface area contributed by atoms with E-state index in [1.807, 2.05) is 61.5 Å². The first kappa shape index (κ1) is 25.4. The third-order valence-corrected chi connectivity index (χ3v) is 7.81. The molecule has 4 aromatic rings. The Morgan fingerprint density at radius 3 is 2.68 bits per heavy atom. The zero-order valence-electron chi connectivity index (χ0n) is 20.2. The molecule has 0 saturated heterocycles. The van der Waals surface area contributed by atoms with Gasteiger partial charge in [-0.3, -0.25) is 9.36 Å². The molecule has 0 aliphatic carbocycles. The Morgan fingerprint density at radius 1 is 1.19 bits per heavy atom. The first-order valence-corrected chi connectivity index (χ1v) is 13.6. The van der Waals surface area contributed by atoms with Crippen LogP contribution < -0.4 is 14.9 Å². The first-order chi connectivity index (χ1) is 17.8. The fraction of sp³-hybridized carbons (Fsp3) is 0.179. The summed E-state index contributed by atoms with van der Waals surface area (Å²) in [7, 11) is 0. The van der Waals surface area contributed by atoms with Crippen molar-refractivity contribution in [1.29, 1.82) is 0 Å². The second-order valence-corrected chi connectivity index (χ2v) is 10.9. The molecule has 2 aromatic heterocycles. The van der Waals surface area contributed by atoms with Crippen molar-refractivity contribution in [2.45, 2.75) is 26.8 Å². The lowest BCUT2D eigenvalue weighted by molar-refractivity contribution is -0.139. The van der Waals surface area contributed by atoms with Crippen LogP contribution in [0, 0.1) is 6.92 Å². The van der Waals surface area contributed by atoms with Crippen LogP contribution in [0.5, 0.6) is 0 Å². The van der Waals surface area contributed by atoms with E-state index >= 15 is 0 Å². The molecule has 5 rings (SSSR count). The Morgan fingerprint density at radius 2 is 1.95 bits per heavy atom. The molecule has 0 spiro atoms. The van der Waals surface area contributed by atoms with Crippen molar-refractivity contribution in [2.24, 2.45) is 4.99 Å². The number of rotatable bonds is 5. The van der Waals surface area contributed by atoms with E-state index in [2.05, 4.69) is 20.9 Å². The zero-order valence-corrected chi connectivity index (χ0v) is 23.4. The van der Waals surface area contributed by atoms with E-state index in [9.17, 15) is 9.59 Å². The highest BCUT2D eigenvalue weighted by atomic mass is 79.9. The lowest BCUT2D eigenvalue weighted by Gasteiger charge is -2.24. The molecule has 0 unspecified atom stereocenters. The molecule has 37 heavy (non-hydrogen) atoms. The molecule has 0 saturated carbocycles. The highest BCUT2D eigenvalue weighted by molar-refractivity contribution is 9.10. The van der Waals surface area contributed by atoms with E-state index in [0.29, 0.717) is 37.1 Å². The minimum Gasteiger partial charge on any atom is -0.463 e. The number of furan rings is 1. The van der Waals surface area contributed by atoms with Crippen LogP contribution >= 0.6 is 38.9 Å². The number of nitrogens with zero attached hydrogens (tertiary/aromatic N) is 2. The predicted molar refractivity (Wildman–Crippen MR) is 148 cm³/mol. The van der Waals surface area contributed by atoms with Crippen LogP contribution in [0.25, 0.3) is 17.4 Å². The quantitative estimate of drug-likeness (QED) is 0.273. The number of fused-ring (bicyclic) bond motifs is 1. The topological polar surface area (TPSA) is 73.8 Å². The summed E-state index contributed by atoms with van der Waals surface area (Å²) in [6.07, 6.45) is 1.70. The monoisotopic (exact) mass is 596 g/mol. The Bertz CT molecular complexity index is 1730. The number of thiazole rings is 1. The van der Waals surface area contributed by atoms with Crippen LogP contribution in [0.4, 0.5) is 0 Å². The summed E-state index contributed by atoms with van der Waals surface area (Å²) in [5.41, 5.74) is 3.31. The fourth-order valence-electron chi connectivity index (χ4n) is 4.32. The van der Waals surface area contributed by atoms with Crippen LogP contribution in [0.3, 0.4) is 0 Å². The second kappa shape index (κ2) is 10.3. The number of hydrogen-bond donors (Lipinski definition) is 0. The molecule has 0 radical (unpaired) electrons. The smallest absolute Gasteiger partial charge is 0.338 e. The van der Waals surface area contributed by atoms with E-state index in [0.717, 1.165) is 21.2 Å². The SMILES string of the molecule is CCOC(=O)C1=C(C)N=c2s/c(=C\c3ccc(-c4cc(Cl)ccc4C)o3)c(=O)n2[C@@H]1c1ccc(Br)cc1. The summed E-state index contributed by atoms with van der Waals surface area (Å²) >= 11 is 10.9. The van der Waals surface area contributed by atoms with Gasteiger partial charge in [-0.05, 0) is 68.3 Å². The third kappa shape index (κ3) is 4.89. The Kier molecular flexibility index (Phi) is 7.07. The van der Waals surface area contributed by atoms with Crippen molar-refractivity contribution in [3.05, 3.63) is 112 Å². The maximum atomic E-state index is 13.7. The van der Waals surface area contributed by atoms with Gasteiger partial charge in [0.1, 0.15) is 11.5 Å². The van der Waals surface area contributed by atoms with Gasteiger partial charge in [0.15, 0.2) is 4.80 Å². The van der Waals surface area contributed by atoms with Gasteiger partial charge in [-0.1, -0.05) is 57.1 Å². The standard InChI is InChI=1S/C28H22BrClN2O4S/c1-4-35-27(34)24-16(3)31-28-32(25(24)17-6-8-18(29)9-7-17)26(33)23(37-28)14-20-11-12-22(36-20)21-13-19(30)10-5-15(21)2/h5-14,25H,4H2,1-3H3/b23-14-/t25-/m1/s1. The van der Waals surface area contributed by atoms with E-state index in [4.69, 9.17) is 20.8 Å². The first-order valence-electron chi connectivity index (χ1n) is 11.6. The molecule has 0 fully saturated rings.